The number of alkyl carbamates (subject to hydrolysis) is 1. The molecule has 0 spiro atoms. The van der Waals surface area contributed by atoms with Gasteiger partial charge in [0, 0.05) is 18.9 Å². The van der Waals surface area contributed by atoms with Gasteiger partial charge in [-0.2, -0.15) is 13.2 Å². The largest absolute Gasteiger partial charge is 0.445 e. The molecule has 1 saturated heterocycles. The summed E-state index contributed by atoms with van der Waals surface area (Å²) in [5.74, 6) is -1.70. The van der Waals surface area contributed by atoms with Crippen LogP contribution in [-0.2, 0) is 20.9 Å². The maximum absolute atomic E-state index is 14.7. The van der Waals surface area contributed by atoms with Crippen molar-refractivity contribution in [1.29, 1.82) is 0 Å². The molecule has 1 fully saturated rings. The van der Waals surface area contributed by atoms with Gasteiger partial charge in [0.1, 0.15) is 30.3 Å². The number of anilines is 1. The van der Waals surface area contributed by atoms with Crippen LogP contribution in [0.15, 0.2) is 72.9 Å². The Hall–Kier alpha value is -4.72. The number of pyridine rings is 1. The van der Waals surface area contributed by atoms with Crippen molar-refractivity contribution < 1.29 is 41.4 Å². The summed E-state index contributed by atoms with van der Waals surface area (Å²) in [6, 6.07) is 11.5. The van der Waals surface area contributed by atoms with Crippen molar-refractivity contribution in [2.24, 2.45) is 0 Å². The lowest BCUT2D eigenvalue weighted by Crippen LogP contribution is -2.40. The lowest BCUT2D eigenvalue weighted by atomic mass is 10.0. The number of ether oxygens (including phenoxy) is 2. The zero-order valence-corrected chi connectivity index (χ0v) is 22.2. The number of halogens is 4. The maximum Gasteiger partial charge on any atom is 0.410 e. The number of amides is 4. The van der Waals surface area contributed by atoms with Gasteiger partial charge in [0.15, 0.2) is 0 Å². The Balaban J connectivity index is 1.52. The minimum absolute atomic E-state index is 0.0635. The van der Waals surface area contributed by atoms with Crippen LogP contribution in [0.3, 0.4) is 0 Å². The van der Waals surface area contributed by atoms with Crippen molar-refractivity contribution >= 4 is 23.8 Å². The molecular weight excluding hydrogens is 562 g/mol. The molecule has 42 heavy (non-hydrogen) atoms. The molecule has 0 radical (unpaired) electrons. The number of aromatic nitrogens is 1. The van der Waals surface area contributed by atoms with Crippen molar-refractivity contribution in [2.75, 3.05) is 25.6 Å². The van der Waals surface area contributed by atoms with Crippen LogP contribution in [0.5, 0.6) is 0 Å². The Morgan fingerprint density at radius 3 is 2.50 bits per heavy atom. The van der Waals surface area contributed by atoms with Crippen LogP contribution >= 0.6 is 0 Å². The molecule has 0 aliphatic carbocycles. The number of hydrogen-bond donors (Lipinski definition) is 3. The first-order chi connectivity index (χ1) is 20.1. The summed E-state index contributed by atoms with van der Waals surface area (Å²) in [5, 5.41) is 6.77. The van der Waals surface area contributed by atoms with Crippen LogP contribution < -0.4 is 16.0 Å². The number of nitrogens with one attached hydrogen (secondary N) is 3. The summed E-state index contributed by atoms with van der Waals surface area (Å²) in [5.41, 5.74) is 0.865. The zero-order valence-electron chi connectivity index (χ0n) is 22.2. The molecule has 14 heteroatoms. The van der Waals surface area contributed by atoms with Gasteiger partial charge in [-0.15, -0.1) is 0 Å². The van der Waals surface area contributed by atoms with Gasteiger partial charge in [0.05, 0.1) is 19.2 Å². The Kier molecular flexibility index (Phi) is 9.57. The Bertz CT molecular complexity index is 1410. The number of benzene rings is 2. The molecule has 222 valence electrons. The van der Waals surface area contributed by atoms with E-state index < -0.39 is 54.7 Å². The molecule has 4 rings (SSSR count). The molecular formula is C28H27F4N5O5. The van der Waals surface area contributed by atoms with E-state index in [1.807, 2.05) is 5.32 Å². The van der Waals surface area contributed by atoms with E-state index in [0.717, 1.165) is 11.0 Å². The minimum atomic E-state index is -4.64. The predicted octanol–water partition coefficient (Wildman–Crippen LogP) is 4.47. The van der Waals surface area contributed by atoms with Crippen molar-refractivity contribution in [2.45, 2.75) is 30.9 Å². The number of alkyl halides is 3. The molecule has 2 heterocycles. The number of nitrogens with zero attached hydrogens (tertiary/aromatic N) is 2. The van der Waals surface area contributed by atoms with Gasteiger partial charge < -0.3 is 30.3 Å². The number of rotatable bonds is 10. The second-order valence-corrected chi connectivity index (χ2v) is 9.29. The van der Waals surface area contributed by atoms with E-state index in [2.05, 4.69) is 15.6 Å². The summed E-state index contributed by atoms with van der Waals surface area (Å²) < 4.78 is 64.8. The Labute approximate surface area is 238 Å². The van der Waals surface area contributed by atoms with E-state index in [9.17, 15) is 31.9 Å². The van der Waals surface area contributed by atoms with Gasteiger partial charge in [-0.25, -0.2) is 19.0 Å². The third-order valence-electron chi connectivity index (χ3n) is 6.41. The van der Waals surface area contributed by atoms with Gasteiger partial charge in [-0.3, -0.25) is 4.79 Å². The maximum atomic E-state index is 14.7. The van der Waals surface area contributed by atoms with Crippen molar-refractivity contribution in [1.82, 2.24) is 20.5 Å². The third kappa shape index (κ3) is 7.51. The minimum Gasteiger partial charge on any atom is -0.445 e. The summed E-state index contributed by atoms with van der Waals surface area (Å²) in [6.07, 6.45) is -4.35. The van der Waals surface area contributed by atoms with Gasteiger partial charge in [0.2, 0.25) is 0 Å². The number of carbonyl (C=O) groups excluding carboxylic acids is 3. The fourth-order valence-electron chi connectivity index (χ4n) is 4.33. The molecule has 2 aromatic carbocycles. The van der Waals surface area contributed by atoms with Crippen LogP contribution in [-0.4, -0.2) is 60.4 Å². The smallest absolute Gasteiger partial charge is 0.410 e. The molecule has 1 aliphatic rings. The Morgan fingerprint density at radius 1 is 1.12 bits per heavy atom. The van der Waals surface area contributed by atoms with Crippen LogP contribution in [0.25, 0.3) is 0 Å². The Morgan fingerprint density at radius 2 is 1.83 bits per heavy atom. The predicted molar refractivity (Wildman–Crippen MR) is 141 cm³/mol. The quantitative estimate of drug-likeness (QED) is 0.300. The molecule has 4 amide bonds. The molecule has 1 aromatic heterocycles. The van der Waals surface area contributed by atoms with Gasteiger partial charge in [-0.05, 0) is 29.3 Å². The lowest BCUT2D eigenvalue weighted by molar-refractivity contribution is -0.150. The second-order valence-electron chi connectivity index (χ2n) is 9.29. The van der Waals surface area contributed by atoms with E-state index >= 15 is 0 Å². The number of carbonyl (C=O) groups is 3. The summed E-state index contributed by atoms with van der Waals surface area (Å²) >= 11 is 0. The van der Waals surface area contributed by atoms with E-state index in [4.69, 9.17) is 9.47 Å². The monoisotopic (exact) mass is 589 g/mol. The first kappa shape index (κ1) is 30.2. The van der Waals surface area contributed by atoms with Crippen LogP contribution in [0.1, 0.15) is 28.8 Å². The van der Waals surface area contributed by atoms with E-state index in [1.54, 1.807) is 30.3 Å². The summed E-state index contributed by atoms with van der Waals surface area (Å²) in [6.45, 7) is -0.894. The first-order valence-corrected chi connectivity index (χ1v) is 12.7. The highest BCUT2D eigenvalue weighted by Gasteiger charge is 2.48. The van der Waals surface area contributed by atoms with Crippen molar-refractivity contribution in [3.8, 4) is 0 Å². The van der Waals surface area contributed by atoms with Crippen molar-refractivity contribution in [3.63, 3.8) is 0 Å². The van der Waals surface area contributed by atoms with E-state index in [1.165, 1.54) is 43.6 Å². The van der Waals surface area contributed by atoms with Crippen LogP contribution in [0, 0.1) is 5.82 Å². The van der Waals surface area contributed by atoms with Gasteiger partial charge in [-0.1, -0.05) is 48.5 Å². The highest BCUT2D eigenvalue weighted by molar-refractivity contribution is 5.96. The van der Waals surface area contributed by atoms with Crippen LogP contribution in [0.4, 0.5) is 33.0 Å². The normalized spacial score (nSPS) is 16.4. The van der Waals surface area contributed by atoms with E-state index in [-0.39, 0.29) is 24.6 Å². The number of urea groups is 1. The average Bonchev–Trinajstić information content (AvgIpc) is 3.36. The first-order valence-electron chi connectivity index (χ1n) is 12.7. The highest BCUT2D eigenvalue weighted by Crippen LogP contribution is 2.31. The van der Waals surface area contributed by atoms with Gasteiger partial charge in [0.25, 0.3) is 5.91 Å². The summed E-state index contributed by atoms with van der Waals surface area (Å²) in [4.78, 5) is 43.3. The fraction of sp³-hybridized carbons (Fsp3) is 0.286. The SMILES string of the molecule is COC[C@H](c1ccnc(NC(=O)[C@@H](NC(=O)OCc2ccccc2)c2ccccc2F)c1)N1C[C@@H](C(F)(F)F)NC1=O. The van der Waals surface area contributed by atoms with E-state index in [0.29, 0.717) is 11.1 Å². The molecule has 0 saturated carbocycles. The zero-order chi connectivity index (χ0) is 30.3. The van der Waals surface area contributed by atoms with Gasteiger partial charge >= 0.3 is 18.3 Å². The molecule has 3 N–H and O–H groups in total. The molecule has 0 bridgehead atoms. The molecule has 3 aromatic rings. The standard InChI is InChI=1S/C28H27F4N5O5/c1-41-16-21(37-14-22(28(30,31)32)34-26(37)39)18-11-12-33-23(13-18)35-25(38)24(19-9-5-6-10-20(19)29)36-27(40)42-15-17-7-3-2-4-8-17/h2-13,21-22,24H,14-16H2,1H3,(H,34,39)(H,36,40)(H,33,35,38)/t21-,22+,24+/m1/s1. The number of hydrogen-bond acceptors (Lipinski definition) is 6. The summed E-state index contributed by atoms with van der Waals surface area (Å²) in [7, 11) is 1.33. The fourth-order valence-corrected chi connectivity index (χ4v) is 4.33. The average molecular weight is 590 g/mol. The second kappa shape index (κ2) is 13.3. The molecule has 3 atom stereocenters. The lowest BCUT2D eigenvalue weighted by Gasteiger charge is -2.27. The molecule has 0 unspecified atom stereocenters. The molecule has 1 aliphatic heterocycles. The number of methoxy groups -OCH3 is 1. The highest BCUT2D eigenvalue weighted by atomic mass is 19.4. The third-order valence-corrected chi connectivity index (χ3v) is 6.41. The topological polar surface area (TPSA) is 122 Å². The van der Waals surface area contributed by atoms with Crippen molar-refractivity contribution in [3.05, 3.63) is 95.4 Å². The van der Waals surface area contributed by atoms with Crippen LogP contribution in [0.2, 0.25) is 0 Å². The molecule has 10 nitrogen and oxygen atoms in total.